The van der Waals surface area contributed by atoms with Gasteiger partial charge in [-0.25, -0.2) is 4.79 Å². The molecule has 0 saturated heterocycles. The Morgan fingerprint density at radius 3 is 2.57 bits per heavy atom. The second kappa shape index (κ2) is 4.60. The Bertz CT molecular complexity index is 359. The Morgan fingerprint density at radius 2 is 2.07 bits per heavy atom. The SMILES string of the molecule is COC(=O)c1c(C)cc(C)cc1CBr. The number of esters is 1. The van der Waals surface area contributed by atoms with Gasteiger partial charge in [-0.3, -0.25) is 0 Å². The molecule has 1 rings (SSSR count). The lowest BCUT2D eigenvalue weighted by Gasteiger charge is -2.09. The van der Waals surface area contributed by atoms with E-state index in [0.29, 0.717) is 10.9 Å². The molecule has 0 atom stereocenters. The molecule has 0 aliphatic carbocycles. The Morgan fingerprint density at radius 1 is 1.43 bits per heavy atom. The number of hydrogen-bond donors (Lipinski definition) is 0. The van der Waals surface area contributed by atoms with Crippen LogP contribution in [0.15, 0.2) is 12.1 Å². The summed E-state index contributed by atoms with van der Waals surface area (Å²) in [6, 6.07) is 3.98. The van der Waals surface area contributed by atoms with Crippen molar-refractivity contribution in [3.05, 3.63) is 34.4 Å². The van der Waals surface area contributed by atoms with Crippen LogP contribution >= 0.6 is 15.9 Å². The van der Waals surface area contributed by atoms with Crippen molar-refractivity contribution in [1.29, 1.82) is 0 Å². The number of hydrogen-bond acceptors (Lipinski definition) is 2. The third-order valence-electron chi connectivity index (χ3n) is 2.10. The van der Waals surface area contributed by atoms with E-state index < -0.39 is 0 Å². The highest BCUT2D eigenvalue weighted by molar-refractivity contribution is 9.08. The van der Waals surface area contributed by atoms with E-state index in [1.54, 1.807) is 0 Å². The zero-order valence-electron chi connectivity index (χ0n) is 8.56. The van der Waals surface area contributed by atoms with Gasteiger partial charge in [-0.2, -0.15) is 0 Å². The summed E-state index contributed by atoms with van der Waals surface area (Å²) in [7, 11) is 1.40. The number of carbonyl (C=O) groups is 1. The lowest BCUT2D eigenvalue weighted by molar-refractivity contribution is 0.0599. The number of alkyl halides is 1. The van der Waals surface area contributed by atoms with Crippen molar-refractivity contribution in [2.45, 2.75) is 19.2 Å². The van der Waals surface area contributed by atoms with Crippen molar-refractivity contribution in [1.82, 2.24) is 0 Å². The van der Waals surface area contributed by atoms with Crippen molar-refractivity contribution < 1.29 is 9.53 Å². The average molecular weight is 257 g/mol. The lowest BCUT2D eigenvalue weighted by atomic mass is 10.00. The number of carbonyl (C=O) groups excluding carboxylic acids is 1. The van der Waals surface area contributed by atoms with E-state index >= 15 is 0 Å². The summed E-state index contributed by atoms with van der Waals surface area (Å²) in [6.07, 6.45) is 0. The van der Waals surface area contributed by atoms with Crippen LogP contribution in [0.3, 0.4) is 0 Å². The summed E-state index contributed by atoms with van der Waals surface area (Å²) in [5.74, 6) is -0.267. The first-order chi connectivity index (χ1) is 6.60. The maximum absolute atomic E-state index is 11.5. The molecule has 1 aromatic rings. The van der Waals surface area contributed by atoms with E-state index in [0.717, 1.165) is 16.7 Å². The van der Waals surface area contributed by atoms with Gasteiger partial charge in [0.1, 0.15) is 0 Å². The van der Waals surface area contributed by atoms with E-state index in [9.17, 15) is 4.79 Å². The highest BCUT2D eigenvalue weighted by Gasteiger charge is 2.14. The number of ether oxygens (including phenoxy) is 1. The highest BCUT2D eigenvalue weighted by atomic mass is 79.9. The first-order valence-corrected chi connectivity index (χ1v) is 5.46. The molecule has 0 amide bonds. The largest absolute Gasteiger partial charge is 0.465 e. The van der Waals surface area contributed by atoms with Gasteiger partial charge in [-0.15, -0.1) is 0 Å². The van der Waals surface area contributed by atoms with E-state index in [4.69, 9.17) is 4.74 Å². The molecule has 0 unspecified atom stereocenters. The molecule has 14 heavy (non-hydrogen) atoms. The Labute approximate surface area is 92.4 Å². The van der Waals surface area contributed by atoms with Crippen LogP contribution in [-0.2, 0) is 10.1 Å². The average Bonchev–Trinajstić information content (AvgIpc) is 2.15. The first-order valence-electron chi connectivity index (χ1n) is 4.34. The van der Waals surface area contributed by atoms with Crippen molar-refractivity contribution in [3.8, 4) is 0 Å². The fourth-order valence-electron chi connectivity index (χ4n) is 1.56. The number of aryl methyl sites for hydroxylation is 2. The fraction of sp³-hybridized carbons (Fsp3) is 0.364. The number of halogens is 1. The van der Waals surface area contributed by atoms with Crippen LogP contribution < -0.4 is 0 Å². The minimum atomic E-state index is -0.267. The molecule has 1 aromatic carbocycles. The minimum Gasteiger partial charge on any atom is -0.465 e. The second-order valence-corrected chi connectivity index (χ2v) is 3.80. The minimum absolute atomic E-state index is 0.267. The summed E-state index contributed by atoms with van der Waals surface area (Å²) in [6.45, 7) is 3.94. The third-order valence-corrected chi connectivity index (χ3v) is 2.70. The molecule has 0 heterocycles. The van der Waals surface area contributed by atoms with Crippen LogP contribution in [0.2, 0.25) is 0 Å². The van der Waals surface area contributed by atoms with Gasteiger partial charge < -0.3 is 4.74 Å². The molecule has 3 heteroatoms. The summed E-state index contributed by atoms with van der Waals surface area (Å²) < 4.78 is 4.74. The quantitative estimate of drug-likeness (QED) is 0.601. The maximum Gasteiger partial charge on any atom is 0.338 e. The Balaban J connectivity index is 3.32. The van der Waals surface area contributed by atoms with Gasteiger partial charge in [0.25, 0.3) is 0 Å². The van der Waals surface area contributed by atoms with Gasteiger partial charge in [0, 0.05) is 5.33 Å². The van der Waals surface area contributed by atoms with Crippen LogP contribution in [0, 0.1) is 13.8 Å². The van der Waals surface area contributed by atoms with Gasteiger partial charge >= 0.3 is 5.97 Å². The molecule has 0 aliphatic rings. The second-order valence-electron chi connectivity index (χ2n) is 3.24. The Hall–Kier alpha value is -0.830. The summed E-state index contributed by atoms with van der Waals surface area (Å²) >= 11 is 3.37. The molecule has 0 spiro atoms. The van der Waals surface area contributed by atoms with Crippen LogP contribution in [-0.4, -0.2) is 13.1 Å². The zero-order chi connectivity index (χ0) is 10.7. The molecule has 2 nitrogen and oxygen atoms in total. The molecule has 0 aromatic heterocycles. The summed E-state index contributed by atoms with van der Waals surface area (Å²) in [5, 5.41) is 0.667. The number of methoxy groups -OCH3 is 1. The molecular formula is C11H13BrO2. The topological polar surface area (TPSA) is 26.3 Å². The number of benzene rings is 1. The first kappa shape index (κ1) is 11.2. The molecule has 0 aliphatic heterocycles. The van der Waals surface area contributed by atoms with Crippen molar-refractivity contribution in [2.75, 3.05) is 7.11 Å². The number of rotatable bonds is 2. The highest BCUT2D eigenvalue weighted by Crippen LogP contribution is 2.20. The molecule has 0 N–H and O–H groups in total. The maximum atomic E-state index is 11.5. The van der Waals surface area contributed by atoms with Crippen LogP contribution in [0.1, 0.15) is 27.0 Å². The van der Waals surface area contributed by atoms with Gasteiger partial charge in [-0.05, 0) is 25.0 Å². The fourth-order valence-corrected chi connectivity index (χ4v) is 2.00. The van der Waals surface area contributed by atoms with Gasteiger partial charge in [0.2, 0.25) is 0 Å². The van der Waals surface area contributed by atoms with Crippen molar-refractivity contribution in [2.24, 2.45) is 0 Å². The smallest absolute Gasteiger partial charge is 0.338 e. The standard InChI is InChI=1S/C11H13BrO2/c1-7-4-8(2)10(11(13)14-3)9(5-7)6-12/h4-5H,6H2,1-3H3. The van der Waals surface area contributed by atoms with Crippen LogP contribution in [0.5, 0.6) is 0 Å². The van der Waals surface area contributed by atoms with E-state index in [2.05, 4.69) is 15.9 Å². The lowest BCUT2D eigenvalue weighted by Crippen LogP contribution is -2.07. The predicted octanol–water partition coefficient (Wildman–Crippen LogP) is 2.98. The van der Waals surface area contributed by atoms with Crippen LogP contribution in [0.4, 0.5) is 0 Å². The molecule has 0 saturated carbocycles. The third kappa shape index (κ3) is 2.15. The summed E-state index contributed by atoms with van der Waals surface area (Å²) in [4.78, 5) is 11.5. The Kier molecular flexibility index (Phi) is 3.69. The zero-order valence-corrected chi connectivity index (χ0v) is 10.1. The van der Waals surface area contributed by atoms with Gasteiger partial charge in [0.05, 0.1) is 12.7 Å². The molecule has 0 radical (unpaired) electrons. The molecular weight excluding hydrogens is 244 g/mol. The van der Waals surface area contributed by atoms with E-state index in [1.165, 1.54) is 7.11 Å². The van der Waals surface area contributed by atoms with Crippen molar-refractivity contribution in [3.63, 3.8) is 0 Å². The molecule has 0 bridgehead atoms. The van der Waals surface area contributed by atoms with E-state index in [-0.39, 0.29) is 5.97 Å². The molecule has 76 valence electrons. The molecule has 0 fully saturated rings. The van der Waals surface area contributed by atoms with Crippen LogP contribution in [0.25, 0.3) is 0 Å². The van der Waals surface area contributed by atoms with Gasteiger partial charge in [0.15, 0.2) is 0 Å². The summed E-state index contributed by atoms with van der Waals surface area (Å²) in [5.41, 5.74) is 3.78. The predicted molar refractivity (Wildman–Crippen MR) is 59.9 cm³/mol. The van der Waals surface area contributed by atoms with Crippen molar-refractivity contribution >= 4 is 21.9 Å². The normalized spacial score (nSPS) is 10.0. The van der Waals surface area contributed by atoms with E-state index in [1.807, 2.05) is 26.0 Å². The van der Waals surface area contributed by atoms with Gasteiger partial charge in [-0.1, -0.05) is 33.6 Å². The monoisotopic (exact) mass is 256 g/mol.